The van der Waals surface area contributed by atoms with Crippen LogP contribution in [-0.2, 0) is 5.41 Å². The van der Waals surface area contributed by atoms with E-state index in [4.69, 9.17) is 19.7 Å². The molecule has 6 rings (SSSR count). The van der Waals surface area contributed by atoms with Crippen LogP contribution in [0.5, 0.6) is 23.0 Å². The van der Waals surface area contributed by atoms with Gasteiger partial charge in [-0.15, -0.1) is 0 Å². The Morgan fingerprint density at radius 3 is 2.15 bits per heavy atom. The molecule has 1 unspecified atom stereocenters. The van der Waals surface area contributed by atoms with E-state index in [1.54, 1.807) is 26.4 Å². The zero-order chi connectivity index (χ0) is 33.4. The Labute approximate surface area is 270 Å². The summed E-state index contributed by atoms with van der Waals surface area (Å²) in [5.74, 6) is 1.63. The predicted molar refractivity (Wildman–Crippen MR) is 178 cm³/mol. The molecule has 4 aromatic rings. The van der Waals surface area contributed by atoms with Crippen molar-refractivity contribution in [3.05, 3.63) is 103 Å². The molecule has 4 aromatic carbocycles. The maximum Gasteiger partial charge on any atom is 0.167 e. The molecule has 13 heteroatoms. The summed E-state index contributed by atoms with van der Waals surface area (Å²) in [6.45, 7) is 4.40. The van der Waals surface area contributed by atoms with E-state index in [0.29, 0.717) is 46.6 Å². The third-order valence-corrected chi connectivity index (χ3v) is 10.2. The van der Waals surface area contributed by atoms with Gasteiger partial charge >= 0.3 is 0 Å². The number of hydrogen-bond acceptors (Lipinski definition) is 7. The molecule has 238 valence electrons. The highest BCUT2D eigenvalue weighted by Crippen LogP contribution is 2.69. The molecule has 47 heavy (non-hydrogen) atoms. The van der Waals surface area contributed by atoms with Crippen molar-refractivity contribution in [3.63, 3.8) is 0 Å². The average Bonchev–Trinajstić information content (AvgIpc) is 3.47. The second-order valence-corrected chi connectivity index (χ2v) is 12.7. The molecule has 0 saturated heterocycles. The lowest BCUT2D eigenvalue weighted by Gasteiger charge is -2.39. The predicted octanol–water partition coefficient (Wildman–Crippen LogP) is 9.57. The van der Waals surface area contributed by atoms with Crippen LogP contribution in [0.25, 0.3) is 64.4 Å². The van der Waals surface area contributed by atoms with Gasteiger partial charge in [-0.1, -0.05) is 53.5 Å². The van der Waals surface area contributed by atoms with Gasteiger partial charge in [0, 0.05) is 55.8 Å². The summed E-state index contributed by atoms with van der Waals surface area (Å²) in [5, 5.41) is 24.7. The third kappa shape index (κ3) is 4.85. The molecule has 1 atom stereocenters. The maximum absolute atomic E-state index is 11.8. The molecule has 1 saturated carbocycles. The standard InChI is InChI=1S/C34H33N9O4/c1-32(2)15-34(16-33(32,17-38-41-35)18-39-42-36)26-8-6-5-7-22(26)31-25-13-29(46-4)24(12-23(25)28(44)14-27(31)34)21-10-9-20(45-3)11-30(21)47-19-40-43-37/h5-14,44H,15-19H2,1-4H3. The normalized spacial score (nSPS) is 20.0. The first-order valence-corrected chi connectivity index (χ1v) is 15.0. The first-order chi connectivity index (χ1) is 22.7. The highest BCUT2D eigenvalue weighted by atomic mass is 16.5. The van der Waals surface area contributed by atoms with Crippen LogP contribution in [0.4, 0.5) is 0 Å². The van der Waals surface area contributed by atoms with Gasteiger partial charge in [-0.3, -0.25) is 0 Å². The van der Waals surface area contributed by atoms with Crippen molar-refractivity contribution in [1.82, 2.24) is 0 Å². The van der Waals surface area contributed by atoms with Gasteiger partial charge in [0.2, 0.25) is 0 Å². The molecule has 0 radical (unpaired) electrons. The van der Waals surface area contributed by atoms with Gasteiger partial charge in [-0.25, -0.2) is 0 Å². The summed E-state index contributed by atoms with van der Waals surface area (Å²) >= 11 is 0. The Hall–Kier alpha value is -5.73. The quantitative estimate of drug-likeness (QED) is 0.103. The number of phenolic OH excluding ortho intramolecular Hbond substituents is 1. The fourth-order valence-corrected chi connectivity index (χ4v) is 7.96. The summed E-state index contributed by atoms with van der Waals surface area (Å²) in [5.41, 5.74) is 31.3. The van der Waals surface area contributed by atoms with E-state index in [0.717, 1.165) is 27.6 Å². The number of methoxy groups -OCH3 is 2. The number of hydrogen-bond donors (Lipinski definition) is 1. The van der Waals surface area contributed by atoms with Gasteiger partial charge in [-0.05, 0) is 98.2 Å². The number of nitrogens with zero attached hydrogens (tertiary/aromatic N) is 9. The van der Waals surface area contributed by atoms with E-state index < -0.39 is 16.2 Å². The number of aromatic hydroxyl groups is 1. The summed E-state index contributed by atoms with van der Waals surface area (Å²) in [6.07, 6.45) is 1.25. The average molecular weight is 632 g/mol. The minimum atomic E-state index is -0.618. The van der Waals surface area contributed by atoms with Crippen LogP contribution in [0.3, 0.4) is 0 Å². The maximum atomic E-state index is 11.8. The van der Waals surface area contributed by atoms with Crippen LogP contribution in [0.1, 0.15) is 37.8 Å². The van der Waals surface area contributed by atoms with Crippen molar-refractivity contribution in [2.75, 3.05) is 34.0 Å². The van der Waals surface area contributed by atoms with Crippen LogP contribution in [0.2, 0.25) is 0 Å². The monoisotopic (exact) mass is 631 g/mol. The van der Waals surface area contributed by atoms with E-state index >= 15 is 0 Å². The molecule has 13 nitrogen and oxygen atoms in total. The first kappa shape index (κ1) is 31.3. The van der Waals surface area contributed by atoms with Crippen molar-refractivity contribution in [1.29, 1.82) is 0 Å². The lowest BCUT2D eigenvalue weighted by atomic mass is 9.68. The van der Waals surface area contributed by atoms with Crippen molar-refractivity contribution in [3.8, 4) is 45.3 Å². The van der Waals surface area contributed by atoms with E-state index in [1.165, 1.54) is 0 Å². The molecule has 0 bridgehead atoms. The Morgan fingerprint density at radius 2 is 1.47 bits per heavy atom. The van der Waals surface area contributed by atoms with Crippen LogP contribution < -0.4 is 14.2 Å². The summed E-state index contributed by atoms with van der Waals surface area (Å²) < 4.78 is 17.2. The van der Waals surface area contributed by atoms with Gasteiger partial charge < -0.3 is 19.3 Å². The van der Waals surface area contributed by atoms with Gasteiger partial charge in [0.15, 0.2) is 6.73 Å². The topological polar surface area (TPSA) is 194 Å². The Kier molecular flexibility index (Phi) is 7.91. The molecule has 1 fully saturated rings. The second-order valence-electron chi connectivity index (χ2n) is 12.7. The van der Waals surface area contributed by atoms with Gasteiger partial charge in [0.1, 0.15) is 23.0 Å². The first-order valence-electron chi connectivity index (χ1n) is 15.0. The van der Waals surface area contributed by atoms with Gasteiger partial charge in [-0.2, -0.15) is 0 Å². The largest absolute Gasteiger partial charge is 0.507 e. The number of phenols is 1. The fraction of sp³-hybridized carbons (Fsp3) is 0.353. The molecule has 0 aliphatic heterocycles. The molecule has 1 N–H and O–H groups in total. The Bertz CT molecular complexity index is 2040. The number of benzene rings is 4. The Morgan fingerprint density at radius 1 is 0.745 bits per heavy atom. The summed E-state index contributed by atoms with van der Waals surface area (Å²) in [7, 11) is 3.14. The highest BCUT2D eigenvalue weighted by Gasteiger charge is 2.62. The Balaban J connectivity index is 1.61. The van der Waals surface area contributed by atoms with Crippen LogP contribution in [0.15, 0.2) is 76.0 Å². The molecule has 0 amide bonds. The number of fused-ring (bicyclic) bond motifs is 7. The SMILES string of the molecule is COc1ccc(-c2cc3c(O)cc4c(c3cc2OC)-c2ccccc2C42CC(C)(C)C(CN=[N+]=[N-])(CN=[N+]=[N-])C2)c(OCN=[N+]=[N-])c1. The number of azide groups is 3. The van der Waals surface area contributed by atoms with Crippen molar-refractivity contribution >= 4 is 10.8 Å². The lowest BCUT2D eigenvalue weighted by Crippen LogP contribution is -2.38. The fourth-order valence-electron chi connectivity index (χ4n) is 7.96. The molecule has 2 aliphatic carbocycles. The van der Waals surface area contributed by atoms with E-state index in [-0.39, 0.29) is 25.6 Å². The molecule has 1 spiro atoms. The zero-order valence-electron chi connectivity index (χ0n) is 26.5. The number of ether oxygens (including phenoxy) is 3. The van der Waals surface area contributed by atoms with Crippen LogP contribution in [-0.4, -0.2) is 39.1 Å². The third-order valence-electron chi connectivity index (χ3n) is 10.2. The van der Waals surface area contributed by atoms with E-state index in [2.05, 4.69) is 56.1 Å². The smallest absolute Gasteiger partial charge is 0.167 e. The van der Waals surface area contributed by atoms with Crippen molar-refractivity contribution in [2.24, 2.45) is 26.2 Å². The van der Waals surface area contributed by atoms with Crippen LogP contribution in [0, 0.1) is 10.8 Å². The highest BCUT2D eigenvalue weighted by molar-refractivity contribution is 6.08. The molecular formula is C34H33N9O4. The molecular weight excluding hydrogens is 598 g/mol. The van der Waals surface area contributed by atoms with E-state index in [1.807, 2.05) is 36.4 Å². The molecule has 2 aliphatic rings. The second kappa shape index (κ2) is 11.9. The van der Waals surface area contributed by atoms with Gasteiger partial charge in [0.25, 0.3) is 0 Å². The van der Waals surface area contributed by atoms with Crippen LogP contribution >= 0.6 is 0 Å². The lowest BCUT2D eigenvalue weighted by molar-refractivity contribution is 0.128. The van der Waals surface area contributed by atoms with E-state index in [9.17, 15) is 16.2 Å². The molecule has 0 aromatic heterocycles. The minimum Gasteiger partial charge on any atom is -0.507 e. The minimum absolute atomic E-state index is 0.0975. The van der Waals surface area contributed by atoms with Crippen molar-refractivity contribution in [2.45, 2.75) is 32.1 Å². The summed E-state index contributed by atoms with van der Waals surface area (Å²) in [4.78, 5) is 8.91. The van der Waals surface area contributed by atoms with Gasteiger partial charge in [0.05, 0.1) is 14.2 Å². The van der Waals surface area contributed by atoms with Crippen molar-refractivity contribution < 1.29 is 19.3 Å². The summed E-state index contributed by atoms with van der Waals surface area (Å²) in [6, 6.07) is 19.2. The number of rotatable bonds is 10. The molecule has 0 heterocycles. The zero-order valence-corrected chi connectivity index (χ0v) is 26.5.